The minimum atomic E-state index is -0.226. The zero-order valence-corrected chi connectivity index (χ0v) is 16.2. The summed E-state index contributed by atoms with van der Waals surface area (Å²) in [6.07, 6.45) is 0. The van der Waals surface area contributed by atoms with Crippen LogP contribution in [-0.2, 0) is 6.54 Å². The average molecular weight is 390 g/mol. The van der Waals surface area contributed by atoms with Gasteiger partial charge in [-0.1, -0.05) is 18.2 Å². The molecule has 4 aromatic rings. The molecule has 29 heavy (non-hydrogen) atoms. The van der Waals surface area contributed by atoms with E-state index >= 15 is 0 Å². The van der Waals surface area contributed by atoms with Gasteiger partial charge in [-0.3, -0.25) is 9.69 Å². The number of piperazine rings is 1. The van der Waals surface area contributed by atoms with E-state index in [1.54, 1.807) is 7.11 Å². The van der Waals surface area contributed by atoms with Crippen LogP contribution in [0.25, 0.3) is 22.1 Å². The highest BCUT2D eigenvalue weighted by molar-refractivity contribution is 6.01. The average Bonchev–Trinajstić information content (AvgIpc) is 3.14. The zero-order chi connectivity index (χ0) is 19.8. The predicted octanol–water partition coefficient (Wildman–Crippen LogP) is 3.00. The smallest absolute Gasteiger partial charge is 0.294 e. The lowest BCUT2D eigenvalue weighted by molar-refractivity contribution is 0.244. The van der Waals surface area contributed by atoms with Crippen molar-refractivity contribution < 1.29 is 9.15 Å². The SMILES string of the molecule is COc1cccc(N2CCN(Cc3nc4c(oc5ccccc54)c(=O)[nH]3)CC2)c1. The van der Waals surface area contributed by atoms with Gasteiger partial charge in [0.2, 0.25) is 5.58 Å². The molecule has 1 aliphatic heterocycles. The van der Waals surface area contributed by atoms with Crippen LogP contribution in [0.3, 0.4) is 0 Å². The van der Waals surface area contributed by atoms with Gasteiger partial charge < -0.3 is 19.0 Å². The van der Waals surface area contributed by atoms with E-state index in [-0.39, 0.29) is 11.1 Å². The third-order valence-electron chi connectivity index (χ3n) is 5.44. The quantitative estimate of drug-likeness (QED) is 0.577. The molecule has 0 atom stereocenters. The Morgan fingerprint density at radius 3 is 2.76 bits per heavy atom. The molecule has 0 bridgehead atoms. The first kappa shape index (κ1) is 17.8. The number of nitrogens with zero attached hydrogens (tertiary/aromatic N) is 3. The fourth-order valence-electron chi connectivity index (χ4n) is 3.91. The van der Waals surface area contributed by atoms with Crippen molar-refractivity contribution in [3.05, 3.63) is 64.7 Å². The van der Waals surface area contributed by atoms with Crippen molar-refractivity contribution in [3.63, 3.8) is 0 Å². The maximum Gasteiger partial charge on any atom is 0.294 e. The fraction of sp³-hybridized carbons (Fsp3) is 0.273. The summed E-state index contributed by atoms with van der Waals surface area (Å²) in [5.74, 6) is 1.54. The summed E-state index contributed by atoms with van der Waals surface area (Å²) in [5.41, 5.74) is 2.55. The molecule has 0 saturated carbocycles. The fourth-order valence-corrected chi connectivity index (χ4v) is 3.91. The number of rotatable bonds is 4. The molecule has 148 valence electrons. The molecule has 0 spiro atoms. The molecule has 1 fully saturated rings. The zero-order valence-electron chi connectivity index (χ0n) is 16.2. The molecule has 1 N–H and O–H groups in total. The van der Waals surface area contributed by atoms with Crippen LogP contribution in [0, 0.1) is 0 Å². The summed E-state index contributed by atoms with van der Waals surface area (Å²) in [4.78, 5) is 24.7. The van der Waals surface area contributed by atoms with E-state index in [9.17, 15) is 4.79 Å². The van der Waals surface area contributed by atoms with Gasteiger partial charge in [-0.15, -0.1) is 0 Å². The number of hydrogen-bond acceptors (Lipinski definition) is 6. The maximum absolute atomic E-state index is 12.5. The van der Waals surface area contributed by atoms with Gasteiger partial charge in [-0.2, -0.15) is 0 Å². The second kappa shape index (κ2) is 7.25. The molecule has 0 unspecified atom stereocenters. The number of ether oxygens (including phenoxy) is 1. The molecule has 1 aliphatic rings. The van der Waals surface area contributed by atoms with Gasteiger partial charge in [-0.05, 0) is 24.3 Å². The number of aromatic nitrogens is 2. The van der Waals surface area contributed by atoms with Crippen LogP contribution in [0.4, 0.5) is 5.69 Å². The number of fused-ring (bicyclic) bond motifs is 3. The van der Waals surface area contributed by atoms with Crippen molar-refractivity contribution in [3.8, 4) is 5.75 Å². The number of hydrogen-bond donors (Lipinski definition) is 1. The number of furan rings is 1. The Balaban J connectivity index is 1.33. The van der Waals surface area contributed by atoms with Gasteiger partial charge >= 0.3 is 0 Å². The Morgan fingerprint density at radius 2 is 1.93 bits per heavy atom. The Labute approximate surface area is 167 Å². The molecular weight excluding hydrogens is 368 g/mol. The Hall–Kier alpha value is -3.32. The largest absolute Gasteiger partial charge is 0.497 e. The summed E-state index contributed by atoms with van der Waals surface area (Å²) in [7, 11) is 1.69. The van der Waals surface area contributed by atoms with Crippen molar-refractivity contribution in [1.29, 1.82) is 0 Å². The van der Waals surface area contributed by atoms with Crippen LogP contribution < -0.4 is 15.2 Å². The second-order valence-electron chi connectivity index (χ2n) is 7.25. The number of anilines is 1. The highest BCUT2D eigenvalue weighted by Gasteiger charge is 2.20. The minimum absolute atomic E-state index is 0.226. The molecular formula is C22H22N4O3. The van der Waals surface area contributed by atoms with E-state index in [4.69, 9.17) is 14.1 Å². The first-order valence-electron chi connectivity index (χ1n) is 9.73. The van der Waals surface area contributed by atoms with Crippen LogP contribution in [0.15, 0.2) is 57.7 Å². The lowest BCUT2D eigenvalue weighted by atomic mass is 10.2. The molecule has 0 radical (unpaired) electrons. The van der Waals surface area contributed by atoms with Gasteiger partial charge in [0.05, 0.1) is 13.7 Å². The number of nitrogens with one attached hydrogen (secondary N) is 1. The lowest BCUT2D eigenvalue weighted by Gasteiger charge is -2.35. The summed E-state index contributed by atoms with van der Waals surface area (Å²) in [5, 5.41) is 0.873. The van der Waals surface area contributed by atoms with Gasteiger partial charge in [0.15, 0.2) is 0 Å². The number of H-pyrrole nitrogens is 1. The topological polar surface area (TPSA) is 74.6 Å². The number of para-hydroxylation sites is 1. The van der Waals surface area contributed by atoms with Gasteiger partial charge in [0.25, 0.3) is 5.56 Å². The van der Waals surface area contributed by atoms with E-state index in [1.165, 1.54) is 5.69 Å². The highest BCUT2D eigenvalue weighted by atomic mass is 16.5. The van der Waals surface area contributed by atoms with Crippen molar-refractivity contribution in [2.75, 3.05) is 38.2 Å². The van der Waals surface area contributed by atoms with Crippen LogP contribution in [0.1, 0.15) is 5.82 Å². The standard InChI is InChI=1S/C22H22N4O3/c1-28-16-6-4-5-15(13-16)26-11-9-25(10-12-26)14-19-23-20-17-7-2-3-8-18(17)29-21(20)22(27)24-19/h2-8,13H,9-12,14H2,1H3,(H,23,24,27). The van der Waals surface area contributed by atoms with Crippen LogP contribution in [-0.4, -0.2) is 48.2 Å². The Kier molecular flexibility index (Phi) is 4.44. The van der Waals surface area contributed by atoms with E-state index in [2.05, 4.69) is 26.9 Å². The van der Waals surface area contributed by atoms with E-state index in [0.717, 1.165) is 37.3 Å². The van der Waals surface area contributed by atoms with Crippen LogP contribution in [0.2, 0.25) is 0 Å². The summed E-state index contributed by atoms with van der Waals surface area (Å²) in [6, 6.07) is 15.7. The molecule has 2 aromatic carbocycles. The third kappa shape index (κ3) is 3.34. The first-order chi connectivity index (χ1) is 14.2. The molecule has 0 amide bonds. The Bertz CT molecular complexity index is 1220. The van der Waals surface area contributed by atoms with Crippen LogP contribution >= 0.6 is 0 Å². The summed E-state index contributed by atoms with van der Waals surface area (Å²) < 4.78 is 11.0. The summed E-state index contributed by atoms with van der Waals surface area (Å²) in [6.45, 7) is 4.22. The molecule has 5 rings (SSSR count). The predicted molar refractivity (Wildman–Crippen MR) is 113 cm³/mol. The van der Waals surface area contributed by atoms with Gasteiger partial charge in [0, 0.05) is 43.3 Å². The van der Waals surface area contributed by atoms with Crippen molar-refractivity contribution >= 4 is 27.8 Å². The molecule has 7 nitrogen and oxygen atoms in total. The molecule has 2 aromatic heterocycles. The van der Waals surface area contributed by atoms with E-state index in [1.807, 2.05) is 36.4 Å². The second-order valence-corrected chi connectivity index (χ2v) is 7.25. The van der Waals surface area contributed by atoms with Crippen molar-refractivity contribution in [1.82, 2.24) is 14.9 Å². The molecule has 3 heterocycles. The lowest BCUT2D eigenvalue weighted by Crippen LogP contribution is -2.46. The van der Waals surface area contributed by atoms with Crippen molar-refractivity contribution in [2.24, 2.45) is 0 Å². The van der Waals surface area contributed by atoms with Gasteiger partial charge in [-0.25, -0.2) is 4.98 Å². The first-order valence-corrected chi connectivity index (χ1v) is 9.73. The number of benzene rings is 2. The molecule has 0 aliphatic carbocycles. The third-order valence-corrected chi connectivity index (χ3v) is 5.44. The van der Waals surface area contributed by atoms with Crippen LogP contribution in [0.5, 0.6) is 5.75 Å². The monoisotopic (exact) mass is 390 g/mol. The molecule has 7 heteroatoms. The normalized spacial score (nSPS) is 15.3. The minimum Gasteiger partial charge on any atom is -0.497 e. The van der Waals surface area contributed by atoms with Gasteiger partial charge in [0.1, 0.15) is 22.7 Å². The maximum atomic E-state index is 12.5. The highest BCUT2D eigenvalue weighted by Crippen LogP contribution is 2.25. The van der Waals surface area contributed by atoms with Crippen molar-refractivity contribution in [2.45, 2.75) is 6.54 Å². The summed E-state index contributed by atoms with van der Waals surface area (Å²) >= 11 is 0. The molecule has 1 saturated heterocycles. The van der Waals surface area contributed by atoms with E-state index < -0.39 is 0 Å². The number of aromatic amines is 1. The Morgan fingerprint density at radius 1 is 1.10 bits per heavy atom. The number of methoxy groups -OCH3 is 1. The van der Waals surface area contributed by atoms with E-state index in [0.29, 0.717) is 23.5 Å².